The molecule has 1 aliphatic carbocycles. The molecule has 0 bridgehead atoms. The lowest BCUT2D eigenvalue weighted by molar-refractivity contribution is -0.137. The van der Waals surface area contributed by atoms with Crippen LogP contribution in [0.25, 0.3) is 5.69 Å². The van der Waals surface area contributed by atoms with Gasteiger partial charge in [-0.1, -0.05) is 12.1 Å². The molecule has 1 saturated carbocycles. The van der Waals surface area contributed by atoms with Crippen molar-refractivity contribution in [3.8, 4) is 5.69 Å². The fraction of sp³-hybridized carbons (Fsp3) is 0.593. The van der Waals surface area contributed by atoms with Crippen LogP contribution in [-0.4, -0.2) is 63.7 Å². The molecule has 1 N–H and O–H groups in total. The Kier molecular flexibility index (Phi) is 10.2. The summed E-state index contributed by atoms with van der Waals surface area (Å²) < 4.78 is 98.1. The third-order valence-electron chi connectivity index (χ3n) is 7.34. The van der Waals surface area contributed by atoms with E-state index in [1.807, 2.05) is 0 Å². The minimum atomic E-state index is -4.75. The lowest BCUT2D eigenvalue weighted by Crippen LogP contribution is -2.45. The topological polar surface area (TPSA) is 67.2 Å². The van der Waals surface area contributed by atoms with Gasteiger partial charge in [0.25, 0.3) is 11.8 Å². The summed E-state index contributed by atoms with van der Waals surface area (Å²) in [5.74, 6) is -7.85. The third-order valence-corrected chi connectivity index (χ3v) is 7.34. The molecule has 1 unspecified atom stereocenters. The Morgan fingerprint density at radius 3 is 2.44 bits per heavy atom. The highest BCUT2D eigenvalue weighted by Crippen LogP contribution is 2.45. The van der Waals surface area contributed by atoms with Gasteiger partial charge in [-0.15, -0.1) is 12.4 Å². The van der Waals surface area contributed by atoms with Gasteiger partial charge in [0.15, 0.2) is 0 Å². The Balaban J connectivity index is 0.00000462. The number of nitrogens with zero attached hydrogens (tertiary/aromatic N) is 3. The number of ketones is 1. The normalized spacial score (nSPS) is 21.2. The maximum Gasteiger partial charge on any atom is 0.418 e. The lowest BCUT2D eigenvalue weighted by Gasteiger charge is -2.33. The van der Waals surface area contributed by atoms with E-state index in [2.05, 4.69) is 10.3 Å². The SMILES string of the molecule is CC(=O)C[C@H](CCN1CCCC(F)(F)C1)NC(=O)c1cn(-c2ccccc2C(F)(F)F)c(C2CCC(F)(F)C2)n1.Cl. The molecule has 1 amide bonds. The van der Waals surface area contributed by atoms with Crippen LogP contribution < -0.4 is 5.32 Å². The summed E-state index contributed by atoms with van der Waals surface area (Å²) in [5.41, 5.74) is -1.66. The zero-order valence-electron chi connectivity index (χ0n) is 22.3. The third kappa shape index (κ3) is 8.43. The van der Waals surface area contributed by atoms with Crippen molar-refractivity contribution in [2.75, 3.05) is 19.6 Å². The van der Waals surface area contributed by atoms with E-state index in [9.17, 15) is 40.3 Å². The number of amides is 1. The molecule has 6 nitrogen and oxygen atoms in total. The lowest BCUT2D eigenvalue weighted by atomic mass is 10.0. The Morgan fingerprint density at radius 2 is 1.83 bits per heavy atom. The van der Waals surface area contributed by atoms with Crippen LogP contribution in [0.15, 0.2) is 30.5 Å². The molecule has 2 atom stereocenters. The predicted molar refractivity (Wildman–Crippen MR) is 139 cm³/mol. The molecule has 2 aliphatic rings. The fourth-order valence-electron chi connectivity index (χ4n) is 5.49. The highest BCUT2D eigenvalue weighted by molar-refractivity contribution is 5.93. The summed E-state index contributed by atoms with van der Waals surface area (Å²) >= 11 is 0. The molecule has 41 heavy (non-hydrogen) atoms. The zero-order valence-corrected chi connectivity index (χ0v) is 23.1. The monoisotopic (exact) mass is 612 g/mol. The van der Waals surface area contributed by atoms with Gasteiger partial charge in [0.2, 0.25) is 5.92 Å². The Hall–Kier alpha value is -2.67. The minimum absolute atomic E-state index is 0. The molecule has 4 rings (SSSR count). The number of para-hydroxylation sites is 1. The molecule has 1 aromatic heterocycles. The number of piperidine rings is 1. The summed E-state index contributed by atoms with van der Waals surface area (Å²) in [6, 6.07) is 3.85. The number of aromatic nitrogens is 2. The first-order valence-corrected chi connectivity index (χ1v) is 13.2. The first-order chi connectivity index (χ1) is 18.6. The van der Waals surface area contributed by atoms with Crippen LogP contribution in [0.2, 0.25) is 0 Å². The molecule has 1 aliphatic heterocycles. The minimum Gasteiger partial charge on any atom is -0.347 e. The van der Waals surface area contributed by atoms with E-state index in [0.717, 1.165) is 16.8 Å². The van der Waals surface area contributed by atoms with Crippen molar-refractivity contribution < 1.29 is 40.3 Å². The molecule has 1 saturated heterocycles. The van der Waals surface area contributed by atoms with Crippen LogP contribution in [0, 0.1) is 0 Å². The Labute approximate surface area is 239 Å². The maximum absolute atomic E-state index is 14.0. The average Bonchev–Trinajstić information content (AvgIpc) is 3.44. The predicted octanol–water partition coefficient (Wildman–Crippen LogP) is 6.41. The van der Waals surface area contributed by atoms with Crippen LogP contribution in [0.3, 0.4) is 0 Å². The van der Waals surface area contributed by atoms with Gasteiger partial charge >= 0.3 is 6.18 Å². The molecular weight excluding hydrogens is 581 g/mol. The first-order valence-electron chi connectivity index (χ1n) is 13.2. The molecule has 228 valence electrons. The zero-order chi connectivity index (χ0) is 29.3. The smallest absolute Gasteiger partial charge is 0.347 e. The van der Waals surface area contributed by atoms with E-state index < -0.39 is 60.8 Å². The van der Waals surface area contributed by atoms with Crippen molar-refractivity contribution in [3.63, 3.8) is 0 Å². The summed E-state index contributed by atoms with van der Waals surface area (Å²) in [5, 5.41) is 2.65. The van der Waals surface area contributed by atoms with Crippen LogP contribution in [0.4, 0.5) is 30.7 Å². The largest absolute Gasteiger partial charge is 0.418 e. The number of rotatable bonds is 9. The van der Waals surface area contributed by atoms with Crippen LogP contribution in [0.1, 0.15) is 79.7 Å². The first kappa shape index (κ1) is 32.8. The van der Waals surface area contributed by atoms with Crippen LogP contribution in [-0.2, 0) is 11.0 Å². The van der Waals surface area contributed by atoms with Gasteiger partial charge in [0.05, 0.1) is 17.8 Å². The number of hydrogen-bond donors (Lipinski definition) is 1. The summed E-state index contributed by atoms with van der Waals surface area (Å²) in [6.45, 7) is 1.54. The van der Waals surface area contributed by atoms with Gasteiger partial charge < -0.3 is 9.88 Å². The van der Waals surface area contributed by atoms with Crippen molar-refractivity contribution in [2.45, 2.75) is 81.9 Å². The molecule has 0 spiro atoms. The molecule has 2 heterocycles. The molecular formula is C27H32ClF7N4O2. The van der Waals surface area contributed by atoms with Crippen molar-refractivity contribution in [1.29, 1.82) is 0 Å². The van der Waals surface area contributed by atoms with E-state index >= 15 is 0 Å². The molecule has 0 radical (unpaired) electrons. The van der Waals surface area contributed by atoms with Gasteiger partial charge in [-0.3, -0.25) is 14.5 Å². The number of carbonyl (C=O) groups excluding carboxylic acids is 2. The second-order valence-corrected chi connectivity index (χ2v) is 10.8. The van der Waals surface area contributed by atoms with Gasteiger partial charge in [-0.05, 0) is 44.9 Å². The molecule has 1 aromatic carbocycles. The summed E-state index contributed by atoms with van der Waals surface area (Å²) in [7, 11) is 0. The number of Topliss-reactive ketones (excluding diaryl/α,β-unsaturated/α-hetero) is 1. The maximum atomic E-state index is 14.0. The molecule has 2 fully saturated rings. The number of benzene rings is 1. The Morgan fingerprint density at radius 1 is 1.12 bits per heavy atom. The van der Waals surface area contributed by atoms with E-state index in [0.29, 0.717) is 13.0 Å². The van der Waals surface area contributed by atoms with Crippen molar-refractivity contribution in [1.82, 2.24) is 19.8 Å². The van der Waals surface area contributed by atoms with Crippen molar-refractivity contribution >= 4 is 24.1 Å². The molecule has 14 heteroatoms. The number of halogens is 8. The van der Waals surface area contributed by atoms with E-state index in [1.165, 1.54) is 25.1 Å². The number of likely N-dealkylation sites (tertiary alicyclic amines) is 1. The van der Waals surface area contributed by atoms with Crippen LogP contribution in [0.5, 0.6) is 0 Å². The van der Waals surface area contributed by atoms with Gasteiger partial charge in [0.1, 0.15) is 17.3 Å². The van der Waals surface area contributed by atoms with Crippen LogP contribution >= 0.6 is 12.4 Å². The summed E-state index contributed by atoms with van der Waals surface area (Å²) in [4.78, 5) is 30.8. The van der Waals surface area contributed by atoms with Crippen molar-refractivity contribution in [3.05, 3.63) is 47.5 Å². The standard InChI is InChI=1S/C27H31F7N4O2.ClH/c1-17(39)13-19(8-12-37-11-4-9-26(30,31)16-37)35-24(40)21-15-38(22-6-3-2-5-20(22)27(32,33)34)23(36-21)18-7-10-25(28,29)14-18;/h2-3,5-6,15,18-19H,4,7-14,16H2,1H3,(H,35,40);1H/t18?,19-;/m0./s1. The van der Waals surface area contributed by atoms with Gasteiger partial charge in [-0.25, -0.2) is 22.5 Å². The molecule has 2 aromatic rings. The van der Waals surface area contributed by atoms with E-state index in [-0.39, 0.29) is 67.6 Å². The highest BCUT2D eigenvalue weighted by atomic mass is 35.5. The fourth-order valence-corrected chi connectivity index (χ4v) is 5.49. The second kappa shape index (κ2) is 12.7. The number of carbonyl (C=O) groups is 2. The van der Waals surface area contributed by atoms with E-state index in [4.69, 9.17) is 0 Å². The number of hydrogen-bond acceptors (Lipinski definition) is 4. The average molecular weight is 613 g/mol. The second-order valence-electron chi connectivity index (χ2n) is 10.8. The quantitative estimate of drug-likeness (QED) is 0.332. The number of alkyl halides is 7. The summed E-state index contributed by atoms with van der Waals surface area (Å²) in [6.07, 6.45) is -4.55. The van der Waals surface area contributed by atoms with Crippen molar-refractivity contribution in [2.24, 2.45) is 0 Å². The Bertz CT molecular complexity index is 1230. The number of nitrogens with one attached hydrogen (secondary N) is 1. The highest BCUT2D eigenvalue weighted by Gasteiger charge is 2.43. The van der Waals surface area contributed by atoms with E-state index in [1.54, 1.807) is 4.90 Å². The number of imidazole rings is 1. The van der Waals surface area contributed by atoms with Gasteiger partial charge in [0, 0.05) is 50.4 Å². The van der Waals surface area contributed by atoms with Gasteiger partial charge in [-0.2, -0.15) is 13.2 Å².